The number of nitrogens with zero attached hydrogens (tertiary/aromatic N) is 2. The van der Waals surface area contributed by atoms with E-state index in [-0.39, 0.29) is 17.5 Å². The number of benzene rings is 2. The lowest BCUT2D eigenvalue weighted by molar-refractivity contribution is 0.0663. The van der Waals surface area contributed by atoms with Crippen LogP contribution in [-0.4, -0.2) is 66.1 Å². The van der Waals surface area contributed by atoms with Crippen LogP contribution in [0.1, 0.15) is 26.3 Å². The molecule has 3 rings (SSSR count). The first-order valence-electron chi connectivity index (χ1n) is 9.26. The number of rotatable bonds is 5. The van der Waals surface area contributed by atoms with E-state index < -0.39 is 5.97 Å². The molecule has 1 aliphatic heterocycles. The molecule has 0 aliphatic carbocycles. The number of urea groups is 1. The van der Waals surface area contributed by atoms with Gasteiger partial charge in [-0.05, 0) is 42.0 Å². The number of carboxylic acids is 1. The summed E-state index contributed by atoms with van der Waals surface area (Å²) in [5.74, 6) is -0.352. The first kappa shape index (κ1) is 20.2. The number of hydrogen-bond donors (Lipinski definition) is 2. The van der Waals surface area contributed by atoms with Gasteiger partial charge in [-0.15, -0.1) is 0 Å². The summed E-state index contributed by atoms with van der Waals surface area (Å²) in [5.41, 5.74) is 1.61. The first-order chi connectivity index (χ1) is 14.0. The van der Waals surface area contributed by atoms with Gasteiger partial charge in [0, 0.05) is 38.3 Å². The number of nitrogens with one attached hydrogen (secondary N) is 1. The van der Waals surface area contributed by atoms with Crippen LogP contribution in [0.2, 0.25) is 0 Å². The van der Waals surface area contributed by atoms with Crippen molar-refractivity contribution in [1.82, 2.24) is 15.1 Å². The first-order valence-corrected chi connectivity index (χ1v) is 9.26. The zero-order valence-corrected chi connectivity index (χ0v) is 16.1. The Labute approximate surface area is 168 Å². The summed E-state index contributed by atoms with van der Waals surface area (Å²) in [6, 6.07) is 13.1. The third kappa shape index (κ3) is 5.04. The SMILES string of the molecule is COc1ccc(C(=O)N2CCN(C(=O)NCc3ccc(C(=O)O)cc3)CC2)cc1. The lowest BCUT2D eigenvalue weighted by Crippen LogP contribution is -2.53. The van der Waals surface area contributed by atoms with Gasteiger partial charge in [-0.3, -0.25) is 4.79 Å². The minimum atomic E-state index is -0.984. The molecular weight excluding hydrogens is 374 g/mol. The van der Waals surface area contributed by atoms with E-state index in [2.05, 4.69) is 5.32 Å². The average Bonchev–Trinajstić information content (AvgIpc) is 2.77. The van der Waals surface area contributed by atoms with Crippen LogP contribution in [-0.2, 0) is 6.54 Å². The molecule has 8 nitrogen and oxygen atoms in total. The van der Waals surface area contributed by atoms with Gasteiger partial charge in [0.25, 0.3) is 5.91 Å². The molecule has 3 amide bonds. The molecule has 0 aromatic heterocycles. The molecule has 0 unspecified atom stereocenters. The van der Waals surface area contributed by atoms with Gasteiger partial charge in [-0.1, -0.05) is 12.1 Å². The molecule has 152 valence electrons. The molecule has 0 saturated carbocycles. The van der Waals surface area contributed by atoms with Gasteiger partial charge < -0.3 is 25.0 Å². The summed E-state index contributed by atoms with van der Waals surface area (Å²) in [6.45, 7) is 2.14. The van der Waals surface area contributed by atoms with E-state index in [1.54, 1.807) is 53.3 Å². The summed E-state index contributed by atoms with van der Waals surface area (Å²) in [4.78, 5) is 39.2. The van der Waals surface area contributed by atoms with Crippen molar-refractivity contribution in [1.29, 1.82) is 0 Å². The molecule has 2 aromatic carbocycles. The number of methoxy groups -OCH3 is 1. The molecule has 1 heterocycles. The Morgan fingerprint density at radius 1 is 0.897 bits per heavy atom. The van der Waals surface area contributed by atoms with Gasteiger partial charge in [0.2, 0.25) is 0 Å². The van der Waals surface area contributed by atoms with Crippen molar-refractivity contribution in [2.75, 3.05) is 33.3 Å². The number of carbonyl (C=O) groups excluding carboxylic acids is 2. The second-order valence-corrected chi connectivity index (χ2v) is 6.67. The third-order valence-corrected chi connectivity index (χ3v) is 4.84. The predicted molar refractivity (Wildman–Crippen MR) is 106 cm³/mol. The van der Waals surface area contributed by atoms with Crippen LogP contribution in [0.5, 0.6) is 5.75 Å². The number of carbonyl (C=O) groups is 3. The maximum atomic E-state index is 12.6. The molecule has 0 bridgehead atoms. The zero-order valence-electron chi connectivity index (χ0n) is 16.1. The van der Waals surface area contributed by atoms with Crippen LogP contribution in [0.25, 0.3) is 0 Å². The molecule has 1 fully saturated rings. The van der Waals surface area contributed by atoms with Crippen LogP contribution in [0.4, 0.5) is 4.79 Å². The van der Waals surface area contributed by atoms with Crippen molar-refractivity contribution in [3.05, 3.63) is 65.2 Å². The Bertz CT molecular complexity index is 872. The highest BCUT2D eigenvalue weighted by atomic mass is 16.5. The minimum Gasteiger partial charge on any atom is -0.497 e. The number of piperazine rings is 1. The Hall–Kier alpha value is -3.55. The summed E-state index contributed by atoms with van der Waals surface area (Å²) in [7, 11) is 1.58. The van der Waals surface area contributed by atoms with E-state index in [0.717, 1.165) is 5.56 Å². The van der Waals surface area contributed by atoms with Gasteiger partial charge in [0.05, 0.1) is 12.7 Å². The molecule has 2 N–H and O–H groups in total. The van der Waals surface area contributed by atoms with Crippen molar-refractivity contribution in [3.63, 3.8) is 0 Å². The van der Waals surface area contributed by atoms with Crippen LogP contribution in [0, 0.1) is 0 Å². The summed E-state index contributed by atoms with van der Waals surface area (Å²) in [5, 5.41) is 11.7. The molecule has 29 heavy (non-hydrogen) atoms. The highest BCUT2D eigenvalue weighted by molar-refractivity contribution is 5.94. The monoisotopic (exact) mass is 397 g/mol. The highest BCUT2D eigenvalue weighted by Crippen LogP contribution is 2.14. The van der Waals surface area contributed by atoms with Crippen LogP contribution in [0.15, 0.2) is 48.5 Å². The Morgan fingerprint density at radius 2 is 1.45 bits per heavy atom. The van der Waals surface area contributed by atoms with Crippen molar-refractivity contribution >= 4 is 17.9 Å². The van der Waals surface area contributed by atoms with E-state index >= 15 is 0 Å². The largest absolute Gasteiger partial charge is 0.497 e. The van der Waals surface area contributed by atoms with Gasteiger partial charge >= 0.3 is 12.0 Å². The van der Waals surface area contributed by atoms with E-state index in [0.29, 0.717) is 44.0 Å². The molecule has 1 saturated heterocycles. The van der Waals surface area contributed by atoms with Crippen molar-refractivity contribution in [3.8, 4) is 5.75 Å². The maximum Gasteiger partial charge on any atom is 0.335 e. The molecule has 0 spiro atoms. The molecule has 0 atom stereocenters. The van der Waals surface area contributed by atoms with Crippen molar-refractivity contribution in [2.45, 2.75) is 6.54 Å². The number of aromatic carboxylic acids is 1. The standard InChI is InChI=1S/C21H23N3O5/c1-29-18-8-6-16(7-9-18)19(25)23-10-12-24(13-11-23)21(28)22-14-15-2-4-17(5-3-15)20(26)27/h2-9H,10-14H2,1H3,(H,22,28)(H,26,27). The maximum absolute atomic E-state index is 12.6. The number of amides is 3. The molecule has 1 aliphatic rings. The van der Waals surface area contributed by atoms with E-state index in [1.807, 2.05) is 0 Å². The minimum absolute atomic E-state index is 0.0637. The van der Waals surface area contributed by atoms with E-state index in [1.165, 1.54) is 12.1 Å². The second-order valence-electron chi connectivity index (χ2n) is 6.67. The molecule has 8 heteroatoms. The summed E-state index contributed by atoms with van der Waals surface area (Å²) >= 11 is 0. The van der Waals surface area contributed by atoms with Crippen LogP contribution < -0.4 is 10.1 Å². The topological polar surface area (TPSA) is 99.2 Å². The number of carboxylic acid groups (broad SMARTS) is 1. The Kier molecular flexibility index (Phi) is 6.33. The van der Waals surface area contributed by atoms with Gasteiger partial charge in [-0.2, -0.15) is 0 Å². The summed E-state index contributed by atoms with van der Waals surface area (Å²) < 4.78 is 5.10. The average molecular weight is 397 g/mol. The van der Waals surface area contributed by atoms with Crippen molar-refractivity contribution < 1.29 is 24.2 Å². The van der Waals surface area contributed by atoms with Crippen molar-refractivity contribution in [2.24, 2.45) is 0 Å². The van der Waals surface area contributed by atoms with E-state index in [9.17, 15) is 14.4 Å². The second kappa shape index (κ2) is 9.09. The van der Waals surface area contributed by atoms with Gasteiger partial charge in [0.1, 0.15) is 5.75 Å². The summed E-state index contributed by atoms with van der Waals surface area (Å²) in [6.07, 6.45) is 0. The quantitative estimate of drug-likeness (QED) is 0.805. The Morgan fingerprint density at radius 3 is 2.00 bits per heavy atom. The molecule has 2 aromatic rings. The van der Waals surface area contributed by atoms with Crippen LogP contribution in [0.3, 0.4) is 0 Å². The normalized spacial score (nSPS) is 13.7. The highest BCUT2D eigenvalue weighted by Gasteiger charge is 2.24. The van der Waals surface area contributed by atoms with Crippen LogP contribution >= 0.6 is 0 Å². The molecule has 0 radical (unpaired) electrons. The number of ether oxygens (including phenoxy) is 1. The predicted octanol–water partition coefficient (Wildman–Crippen LogP) is 2.06. The fourth-order valence-electron chi connectivity index (χ4n) is 3.08. The lowest BCUT2D eigenvalue weighted by Gasteiger charge is -2.34. The lowest BCUT2D eigenvalue weighted by atomic mass is 10.1. The smallest absolute Gasteiger partial charge is 0.335 e. The zero-order chi connectivity index (χ0) is 20.8. The molecular formula is C21H23N3O5. The Balaban J connectivity index is 1.47. The fraction of sp³-hybridized carbons (Fsp3) is 0.286. The fourth-order valence-corrected chi connectivity index (χ4v) is 3.08. The van der Waals surface area contributed by atoms with Gasteiger partial charge in [0.15, 0.2) is 0 Å². The van der Waals surface area contributed by atoms with Gasteiger partial charge in [-0.25, -0.2) is 9.59 Å². The number of hydrogen-bond acceptors (Lipinski definition) is 4. The van der Waals surface area contributed by atoms with E-state index in [4.69, 9.17) is 9.84 Å². The third-order valence-electron chi connectivity index (χ3n) is 4.84.